The lowest BCUT2D eigenvalue weighted by Gasteiger charge is -2.07. The Kier molecular flexibility index (Phi) is 4.53. The fourth-order valence-electron chi connectivity index (χ4n) is 2.50. The van der Waals surface area contributed by atoms with Gasteiger partial charge in [0, 0.05) is 10.1 Å². The fraction of sp³-hybridized carbons (Fsp3) is 0.105. The lowest BCUT2D eigenvalue weighted by molar-refractivity contribution is 0.355. The Bertz CT molecular complexity index is 928. The highest BCUT2D eigenvalue weighted by molar-refractivity contribution is 7.20. The summed E-state index contributed by atoms with van der Waals surface area (Å²) < 4.78 is 11.7. The molecule has 1 aromatic heterocycles. The molecule has 0 aliphatic carbocycles. The minimum atomic E-state index is 0.103. The van der Waals surface area contributed by atoms with Crippen LogP contribution in [0.25, 0.3) is 22.2 Å². The summed E-state index contributed by atoms with van der Waals surface area (Å²) in [5.41, 5.74) is 7.71. The maximum Gasteiger partial charge on any atom is 0.161 e. The lowest BCUT2D eigenvalue weighted by Crippen LogP contribution is -2.08. The molecule has 0 amide bonds. The molecule has 2 aromatic carbocycles. The normalized spacial score (nSPS) is 11.1. The number of rotatable bonds is 5. The summed E-state index contributed by atoms with van der Waals surface area (Å²) >= 11 is 1.53. The first-order chi connectivity index (χ1) is 11.6. The zero-order valence-corrected chi connectivity index (χ0v) is 14.3. The van der Waals surface area contributed by atoms with Crippen LogP contribution in [0, 0.1) is 5.41 Å². The molecule has 0 aliphatic heterocycles. The Hall–Kier alpha value is -2.79. The lowest BCUT2D eigenvalue weighted by atomic mass is 10.1. The van der Waals surface area contributed by atoms with E-state index in [1.165, 1.54) is 11.3 Å². The largest absolute Gasteiger partial charge is 0.493 e. The third-order valence-electron chi connectivity index (χ3n) is 3.72. The van der Waals surface area contributed by atoms with E-state index >= 15 is 0 Å². The fourth-order valence-corrected chi connectivity index (χ4v) is 3.46. The molecule has 3 rings (SSSR count). The highest BCUT2D eigenvalue weighted by atomic mass is 32.1. The van der Waals surface area contributed by atoms with Crippen LogP contribution < -0.4 is 15.2 Å². The number of amidine groups is 1. The average Bonchev–Trinajstić information content (AvgIpc) is 3.04. The molecule has 0 spiro atoms. The first-order valence-corrected chi connectivity index (χ1v) is 8.21. The van der Waals surface area contributed by atoms with Crippen molar-refractivity contribution in [3.8, 4) is 11.5 Å². The molecule has 5 heteroatoms. The molecule has 0 saturated heterocycles. The van der Waals surface area contributed by atoms with E-state index in [-0.39, 0.29) is 5.84 Å². The molecule has 0 bridgehead atoms. The van der Waals surface area contributed by atoms with Gasteiger partial charge in [0.15, 0.2) is 11.5 Å². The number of fused-ring (bicyclic) bond motifs is 1. The number of hydrogen-bond acceptors (Lipinski definition) is 4. The van der Waals surface area contributed by atoms with Crippen LogP contribution in [0.15, 0.2) is 42.5 Å². The van der Waals surface area contributed by atoms with E-state index in [1.54, 1.807) is 14.2 Å². The van der Waals surface area contributed by atoms with Gasteiger partial charge in [-0.25, -0.2) is 0 Å². The van der Waals surface area contributed by atoms with E-state index in [9.17, 15) is 0 Å². The van der Waals surface area contributed by atoms with Gasteiger partial charge in [-0.05, 0) is 35.4 Å². The van der Waals surface area contributed by atoms with Crippen molar-refractivity contribution in [2.75, 3.05) is 14.2 Å². The molecule has 0 atom stereocenters. The minimum absolute atomic E-state index is 0.103. The van der Waals surface area contributed by atoms with Crippen molar-refractivity contribution >= 4 is 39.4 Å². The molecule has 3 aromatic rings. The molecule has 0 fully saturated rings. The number of benzene rings is 2. The van der Waals surface area contributed by atoms with Crippen molar-refractivity contribution < 1.29 is 9.47 Å². The van der Waals surface area contributed by atoms with Crippen molar-refractivity contribution in [2.45, 2.75) is 0 Å². The predicted molar refractivity (Wildman–Crippen MR) is 101 cm³/mol. The number of methoxy groups -OCH3 is 2. The van der Waals surface area contributed by atoms with Gasteiger partial charge in [-0.3, -0.25) is 5.41 Å². The van der Waals surface area contributed by atoms with E-state index in [0.717, 1.165) is 26.1 Å². The SMILES string of the molecule is COc1ccc(C=Cc2cccc3sc(C(=N)N)cc23)cc1OC. The third kappa shape index (κ3) is 3.12. The second-order valence-electron chi connectivity index (χ2n) is 5.23. The zero-order chi connectivity index (χ0) is 17.1. The van der Waals surface area contributed by atoms with E-state index in [2.05, 4.69) is 12.1 Å². The molecule has 3 N–H and O–H groups in total. The van der Waals surface area contributed by atoms with Crippen LogP contribution in [0.4, 0.5) is 0 Å². The van der Waals surface area contributed by atoms with E-state index in [1.807, 2.05) is 42.5 Å². The van der Waals surface area contributed by atoms with Gasteiger partial charge in [-0.1, -0.05) is 30.4 Å². The summed E-state index contributed by atoms with van der Waals surface area (Å²) in [5.74, 6) is 1.51. The number of hydrogen-bond donors (Lipinski definition) is 2. The smallest absolute Gasteiger partial charge is 0.161 e. The van der Waals surface area contributed by atoms with Crippen LogP contribution in [0.2, 0.25) is 0 Å². The molecular formula is C19H18N2O2S. The molecular weight excluding hydrogens is 320 g/mol. The van der Waals surface area contributed by atoms with Crippen LogP contribution >= 0.6 is 11.3 Å². The summed E-state index contributed by atoms with van der Waals surface area (Å²) in [6.45, 7) is 0. The van der Waals surface area contributed by atoms with Crippen LogP contribution in [-0.4, -0.2) is 20.1 Å². The minimum Gasteiger partial charge on any atom is -0.493 e. The van der Waals surface area contributed by atoms with Crippen LogP contribution in [0.1, 0.15) is 16.0 Å². The molecule has 0 radical (unpaired) electrons. The first-order valence-electron chi connectivity index (χ1n) is 7.39. The second-order valence-corrected chi connectivity index (χ2v) is 6.31. The van der Waals surface area contributed by atoms with Gasteiger partial charge < -0.3 is 15.2 Å². The van der Waals surface area contributed by atoms with Crippen LogP contribution in [0.5, 0.6) is 11.5 Å². The van der Waals surface area contributed by atoms with Gasteiger partial charge in [0.25, 0.3) is 0 Å². The molecule has 0 aliphatic rings. The third-order valence-corrected chi connectivity index (χ3v) is 4.86. The highest BCUT2D eigenvalue weighted by Crippen LogP contribution is 2.31. The predicted octanol–water partition coefficient (Wildman–Crippen LogP) is 4.37. The summed E-state index contributed by atoms with van der Waals surface area (Å²) in [4.78, 5) is 0.789. The van der Waals surface area contributed by atoms with E-state index in [4.69, 9.17) is 20.6 Å². The van der Waals surface area contributed by atoms with Crippen molar-refractivity contribution in [3.63, 3.8) is 0 Å². The number of nitrogens with one attached hydrogen (secondary N) is 1. The summed E-state index contributed by atoms with van der Waals surface area (Å²) in [6.07, 6.45) is 4.09. The van der Waals surface area contributed by atoms with Crippen LogP contribution in [0.3, 0.4) is 0 Å². The summed E-state index contributed by atoms with van der Waals surface area (Å²) in [6, 6.07) is 13.9. The zero-order valence-electron chi connectivity index (χ0n) is 13.5. The van der Waals surface area contributed by atoms with Crippen LogP contribution in [-0.2, 0) is 0 Å². The highest BCUT2D eigenvalue weighted by Gasteiger charge is 2.07. The summed E-state index contributed by atoms with van der Waals surface area (Å²) in [5, 5.41) is 8.70. The summed E-state index contributed by atoms with van der Waals surface area (Å²) in [7, 11) is 3.25. The van der Waals surface area contributed by atoms with Gasteiger partial charge in [-0.15, -0.1) is 11.3 Å². The Morgan fingerprint density at radius 3 is 2.54 bits per heavy atom. The number of ether oxygens (including phenoxy) is 2. The van der Waals surface area contributed by atoms with Crippen molar-refractivity contribution in [1.29, 1.82) is 5.41 Å². The van der Waals surface area contributed by atoms with Gasteiger partial charge >= 0.3 is 0 Å². The van der Waals surface area contributed by atoms with Crippen molar-refractivity contribution in [1.82, 2.24) is 0 Å². The molecule has 122 valence electrons. The Morgan fingerprint density at radius 2 is 1.83 bits per heavy atom. The number of nitrogens with two attached hydrogens (primary N) is 1. The maximum atomic E-state index is 7.60. The Balaban J connectivity index is 1.97. The Morgan fingerprint density at radius 1 is 1.04 bits per heavy atom. The number of nitrogen functional groups attached to an aromatic ring is 1. The van der Waals surface area contributed by atoms with Gasteiger partial charge in [-0.2, -0.15) is 0 Å². The average molecular weight is 338 g/mol. The topological polar surface area (TPSA) is 68.3 Å². The monoisotopic (exact) mass is 338 g/mol. The Labute approximate surface area is 144 Å². The molecule has 4 nitrogen and oxygen atoms in total. The second kappa shape index (κ2) is 6.76. The molecule has 0 unspecified atom stereocenters. The number of thiophene rings is 1. The van der Waals surface area contributed by atoms with Crippen molar-refractivity contribution in [2.24, 2.45) is 5.73 Å². The molecule has 0 saturated carbocycles. The van der Waals surface area contributed by atoms with Gasteiger partial charge in [0.2, 0.25) is 0 Å². The van der Waals surface area contributed by atoms with Crippen molar-refractivity contribution in [3.05, 3.63) is 58.5 Å². The molecule has 1 heterocycles. The quantitative estimate of drug-likeness (QED) is 0.412. The van der Waals surface area contributed by atoms with E-state index in [0.29, 0.717) is 11.5 Å². The van der Waals surface area contributed by atoms with Gasteiger partial charge in [0.1, 0.15) is 5.84 Å². The standard InChI is InChI=1S/C19H18N2O2S/c1-22-15-9-7-12(10-16(15)23-2)6-8-13-4-3-5-17-14(13)11-18(24-17)19(20)21/h3-11H,1-2H3,(H3,20,21). The van der Waals surface area contributed by atoms with Gasteiger partial charge in [0.05, 0.1) is 19.1 Å². The first kappa shape index (κ1) is 16.1. The van der Waals surface area contributed by atoms with E-state index < -0.39 is 0 Å². The molecule has 24 heavy (non-hydrogen) atoms. The maximum absolute atomic E-state index is 7.60.